The molecule has 1 aliphatic rings. The molecular weight excluding hydrogens is 330 g/mol. The lowest BCUT2D eigenvalue weighted by Gasteiger charge is -2.13. The van der Waals surface area contributed by atoms with Crippen LogP contribution in [0.25, 0.3) is 0 Å². The Bertz CT molecular complexity index is 651. The molecule has 0 spiro atoms. The molecule has 4 N–H and O–H groups in total. The van der Waals surface area contributed by atoms with Crippen molar-refractivity contribution in [3.8, 4) is 0 Å². The molecule has 2 unspecified atom stereocenters. The summed E-state index contributed by atoms with van der Waals surface area (Å²) in [6.07, 6.45) is -0.182. The van der Waals surface area contributed by atoms with Gasteiger partial charge in [-0.2, -0.15) is 0 Å². The number of hydrogen-bond acceptors (Lipinski definition) is 5. The highest BCUT2D eigenvalue weighted by molar-refractivity contribution is 7.89. The fourth-order valence-corrected chi connectivity index (χ4v) is 3.22. The number of aliphatic hydroxyl groups excluding tert-OH is 1. The van der Waals surface area contributed by atoms with Gasteiger partial charge in [-0.05, 0) is 38.1 Å². The van der Waals surface area contributed by atoms with Gasteiger partial charge in [0, 0.05) is 12.2 Å². The highest BCUT2D eigenvalue weighted by Crippen LogP contribution is 2.20. The number of hydrogen-bond donors (Lipinski definition) is 4. The summed E-state index contributed by atoms with van der Waals surface area (Å²) in [5, 5.41) is 15.0. The Labute approximate surface area is 135 Å². The van der Waals surface area contributed by atoms with Crippen LogP contribution in [0.1, 0.15) is 12.0 Å². The van der Waals surface area contributed by atoms with E-state index in [1.54, 1.807) is 19.1 Å². The Morgan fingerprint density at radius 2 is 2.09 bits per heavy atom. The molecule has 0 bridgehead atoms. The van der Waals surface area contributed by atoms with Crippen LogP contribution in [0.5, 0.6) is 0 Å². The van der Waals surface area contributed by atoms with E-state index in [4.69, 9.17) is 0 Å². The highest BCUT2D eigenvalue weighted by atomic mass is 35.5. The lowest BCUT2D eigenvalue weighted by atomic mass is 10.2. The summed E-state index contributed by atoms with van der Waals surface area (Å²) in [6.45, 7) is 2.07. The number of aliphatic hydroxyl groups is 1. The first-order valence-electron chi connectivity index (χ1n) is 6.60. The molecule has 1 amide bonds. The molecule has 22 heavy (non-hydrogen) atoms. The Balaban J connectivity index is 0.00000242. The van der Waals surface area contributed by atoms with Gasteiger partial charge in [-0.25, -0.2) is 13.1 Å². The van der Waals surface area contributed by atoms with Gasteiger partial charge in [0.1, 0.15) is 0 Å². The second-order valence-electron chi connectivity index (χ2n) is 5.03. The lowest BCUT2D eigenvalue weighted by Crippen LogP contribution is -2.35. The Hall–Kier alpha value is -1.19. The molecule has 1 saturated heterocycles. The van der Waals surface area contributed by atoms with Gasteiger partial charge >= 0.3 is 0 Å². The van der Waals surface area contributed by atoms with Crippen LogP contribution >= 0.6 is 12.4 Å². The van der Waals surface area contributed by atoms with Gasteiger partial charge in [0.2, 0.25) is 15.9 Å². The molecule has 2 rings (SSSR count). The maximum absolute atomic E-state index is 12.0. The minimum absolute atomic E-state index is 0. The van der Waals surface area contributed by atoms with Crippen molar-refractivity contribution >= 4 is 34.0 Å². The minimum atomic E-state index is -3.57. The van der Waals surface area contributed by atoms with Crippen LogP contribution in [0, 0.1) is 6.92 Å². The molecular formula is C13H20ClN3O4S. The molecule has 124 valence electrons. The van der Waals surface area contributed by atoms with E-state index in [2.05, 4.69) is 15.4 Å². The predicted molar refractivity (Wildman–Crippen MR) is 85.7 cm³/mol. The first-order valence-corrected chi connectivity index (χ1v) is 8.08. The highest BCUT2D eigenvalue weighted by Gasteiger charge is 2.28. The molecule has 1 fully saturated rings. The molecule has 1 aromatic rings. The standard InChI is InChI=1S/C13H19N3O4S.ClH/c1-8-3-4-9(5-12(8)21(19,20)14-2)16-13(18)11-6-10(17)7-15-11;/h3-5,10-11,14-15,17H,6-7H2,1-2H3,(H,16,18);1H. The topological polar surface area (TPSA) is 108 Å². The second-order valence-corrected chi connectivity index (χ2v) is 6.88. The van der Waals surface area contributed by atoms with Crippen molar-refractivity contribution < 1.29 is 18.3 Å². The first kappa shape index (κ1) is 18.9. The molecule has 1 heterocycles. The number of amides is 1. The predicted octanol–water partition coefficient (Wildman–Crippen LogP) is -0.0138. The summed E-state index contributed by atoms with van der Waals surface area (Å²) in [5.74, 6) is -0.289. The van der Waals surface area contributed by atoms with Crippen molar-refractivity contribution in [1.29, 1.82) is 0 Å². The van der Waals surface area contributed by atoms with Gasteiger partial charge in [0.15, 0.2) is 0 Å². The number of β-amino-alcohol motifs (C(OH)–C–C–N with tert-alkyl or cyclic N) is 1. The van der Waals surface area contributed by atoms with Gasteiger partial charge in [0.05, 0.1) is 17.0 Å². The molecule has 0 aliphatic carbocycles. The Kier molecular flexibility index (Phi) is 6.33. The van der Waals surface area contributed by atoms with Crippen molar-refractivity contribution in [3.05, 3.63) is 23.8 Å². The zero-order valence-electron chi connectivity index (χ0n) is 12.3. The molecule has 1 aliphatic heterocycles. The Morgan fingerprint density at radius 3 is 2.64 bits per heavy atom. The van der Waals surface area contributed by atoms with Crippen molar-refractivity contribution in [2.45, 2.75) is 30.4 Å². The third kappa shape index (κ3) is 4.17. The monoisotopic (exact) mass is 349 g/mol. The molecule has 0 radical (unpaired) electrons. The van der Waals surface area contributed by atoms with E-state index < -0.39 is 22.2 Å². The number of rotatable bonds is 4. The van der Waals surface area contributed by atoms with Gasteiger partial charge in [-0.1, -0.05) is 6.07 Å². The summed E-state index contributed by atoms with van der Waals surface area (Å²) in [6, 6.07) is 4.24. The van der Waals surface area contributed by atoms with Crippen LogP contribution in [-0.4, -0.2) is 45.2 Å². The molecule has 7 nitrogen and oxygen atoms in total. The van der Waals surface area contributed by atoms with Crippen molar-refractivity contribution in [2.24, 2.45) is 0 Å². The number of nitrogens with one attached hydrogen (secondary N) is 3. The van der Waals surface area contributed by atoms with Crippen molar-refractivity contribution in [3.63, 3.8) is 0 Å². The van der Waals surface area contributed by atoms with Crippen LogP contribution in [0.2, 0.25) is 0 Å². The van der Waals surface area contributed by atoms with E-state index >= 15 is 0 Å². The van der Waals surface area contributed by atoms with E-state index in [1.165, 1.54) is 13.1 Å². The van der Waals surface area contributed by atoms with Crippen molar-refractivity contribution in [2.75, 3.05) is 18.9 Å². The molecule has 0 saturated carbocycles. The fourth-order valence-electron chi connectivity index (χ4n) is 2.22. The maximum atomic E-state index is 12.0. The van der Waals surface area contributed by atoms with Crippen LogP contribution in [0.15, 0.2) is 23.1 Å². The third-order valence-corrected chi connectivity index (χ3v) is 4.99. The minimum Gasteiger partial charge on any atom is -0.392 e. The van der Waals surface area contributed by atoms with E-state index in [0.29, 0.717) is 24.2 Å². The smallest absolute Gasteiger partial charge is 0.241 e. The van der Waals surface area contributed by atoms with Gasteiger partial charge < -0.3 is 15.7 Å². The summed E-state index contributed by atoms with van der Waals surface area (Å²) in [5.41, 5.74) is 0.999. The average molecular weight is 350 g/mol. The first-order chi connectivity index (χ1) is 9.83. The maximum Gasteiger partial charge on any atom is 0.241 e. The molecule has 1 aromatic carbocycles. The average Bonchev–Trinajstić information content (AvgIpc) is 2.87. The van der Waals surface area contributed by atoms with Crippen LogP contribution in [0.3, 0.4) is 0 Å². The third-order valence-electron chi connectivity index (χ3n) is 3.44. The second kappa shape index (κ2) is 7.38. The van der Waals surface area contributed by atoms with Crippen LogP contribution in [0.4, 0.5) is 5.69 Å². The lowest BCUT2D eigenvalue weighted by molar-refractivity contribution is -0.117. The molecule has 9 heteroatoms. The number of carbonyl (C=O) groups excluding carboxylic acids is 1. The van der Waals surface area contributed by atoms with E-state index in [-0.39, 0.29) is 23.2 Å². The summed E-state index contributed by atoms with van der Waals surface area (Å²) in [4.78, 5) is 12.2. The summed E-state index contributed by atoms with van der Waals surface area (Å²) < 4.78 is 26.0. The summed E-state index contributed by atoms with van der Waals surface area (Å²) in [7, 11) is -2.23. The number of aryl methyl sites for hydroxylation is 1. The normalized spacial score (nSPS) is 21.2. The van der Waals surface area contributed by atoms with Gasteiger partial charge in [-0.3, -0.25) is 4.79 Å². The van der Waals surface area contributed by atoms with E-state index in [0.717, 1.165) is 0 Å². The quantitative estimate of drug-likeness (QED) is 0.611. The van der Waals surface area contributed by atoms with E-state index in [9.17, 15) is 18.3 Å². The van der Waals surface area contributed by atoms with Gasteiger partial charge in [-0.15, -0.1) is 12.4 Å². The zero-order valence-corrected chi connectivity index (χ0v) is 13.9. The SMILES string of the molecule is CNS(=O)(=O)c1cc(NC(=O)C2CC(O)CN2)ccc1C.Cl. The number of benzene rings is 1. The molecule has 2 atom stereocenters. The van der Waals surface area contributed by atoms with Crippen LogP contribution < -0.4 is 15.4 Å². The Morgan fingerprint density at radius 1 is 1.41 bits per heavy atom. The number of halogens is 1. The van der Waals surface area contributed by atoms with Crippen molar-refractivity contribution in [1.82, 2.24) is 10.0 Å². The summed E-state index contributed by atoms with van der Waals surface area (Å²) >= 11 is 0. The number of anilines is 1. The van der Waals surface area contributed by atoms with Gasteiger partial charge in [0.25, 0.3) is 0 Å². The number of sulfonamides is 1. The zero-order chi connectivity index (χ0) is 15.6. The molecule has 0 aromatic heterocycles. The number of carbonyl (C=O) groups is 1. The van der Waals surface area contributed by atoms with Crippen LogP contribution in [-0.2, 0) is 14.8 Å². The van der Waals surface area contributed by atoms with E-state index in [1.807, 2.05) is 0 Å². The fraction of sp³-hybridized carbons (Fsp3) is 0.462. The largest absolute Gasteiger partial charge is 0.392 e.